The summed E-state index contributed by atoms with van der Waals surface area (Å²) >= 11 is 0. The van der Waals surface area contributed by atoms with Crippen LogP contribution in [-0.4, -0.2) is 48.4 Å². The standard InChI is InChI=1S/C110H152Si6/c1-61(2)111(62(3)4,63(5)6)105-85-43-37-38-44-86(85)106(112(64(7)8,65(9)10)66(11)12)98-56-80-50-92-91(49-79(80)55-97(98)105)103-93-51-81-57-99-101(109(115(73(25)26,74(27)28)75(29)30)89-47-41-39-45-87(89)107(99)113(67(13)14,68(15)16)69(17)18)59-83(81)53-95(93)104(92)96-54-84-60-102-100(58-82(84)52-94(96)103)108(114(70(19)20,71(21)22)72(23)24)88-46-40-42-48-90(88)110(102)116(76(31)32,77(33)34)78(35)36/h37-78,103-104H,1-36H3. The van der Waals surface area contributed by atoms with Crippen molar-refractivity contribution in [2.24, 2.45) is 0 Å². The van der Waals surface area contributed by atoms with Gasteiger partial charge in [0.05, 0.1) is 48.4 Å². The average molecular weight is 1640 g/mol. The number of fused-ring (bicyclic) bond motifs is 9. The average Bonchev–Trinajstić information content (AvgIpc) is 0.680. The van der Waals surface area contributed by atoms with Gasteiger partial charge in [-0.05, 0) is 334 Å². The fraction of sp³-hybridized carbons (Fsp3) is 0.509. The van der Waals surface area contributed by atoms with Gasteiger partial charge >= 0.3 is 0 Å². The molecule has 116 heavy (non-hydrogen) atoms. The maximum atomic E-state index is 2.84. The summed E-state index contributed by atoms with van der Waals surface area (Å²) in [5.74, 6) is 0.0559. The van der Waals surface area contributed by atoms with Crippen molar-refractivity contribution in [3.05, 3.63) is 179 Å². The molecule has 0 saturated heterocycles. The van der Waals surface area contributed by atoms with Crippen LogP contribution in [-0.2, 0) is 0 Å². The van der Waals surface area contributed by atoms with E-state index in [2.05, 4.69) is 395 Å². The Morgan fingerprint density at radius 3 is 0.345 bits per heavy atom. The van der Waals surface area contributed by atoms with Gasteiger partial charge < -0.3 is 0 Å². The smallest absolute Gasteiger partial charge is 0.0648 e. The van der Waals surface area contributed by atoms with Crippen molar-refractivity contribution in [1.29, 1.82) is 0 Å². The van der Waals surface area contributed by atoms with Gasteiger partial charge in [-0.3, -0.25) is 0 Å². The molecule has 0 amide bonds. The molecule has 0 radical (unpaired) electrons. The first-order valence-electron chi connectivity index (χ1n) is 46.9. The van der Waals surface area contributed by atoms with Gasteiger partial charge in [-0.15, -0.1) is 0 Å². The zero-order valence-corrected chi connectivity index (χ0v) is 85.4. The largest absolute Gasteiger partial charge is 0.0958 e. The first-order chi connectivity index (χ1) is 54.5. The first kappa shape index (κ1) is 86.7. The van der Waals surface area contributed by atoms with Crippen LogP contribution in [0.5, 0.6) is 0 Å². The van der Waals surface area contributed by atoms with E-state index in [1.807, 2.05) is 0 Å². The second-order valence-electron chi connectivity index (χ2n) is 43.8. The van der Waals surface area contributed by atoms with Crippen LogP contribution in [0, 0.1) is 0 Å². The highest BCUT2D eigenvalue weighted by molar-refractivity contribution is 7.04. The van der Waals surface area contributed by atoms with E-state index < -0.39 is 48.4 Å². The van der Waals surface area contributed by atoms with Crippen LogP contribution < -0.4 is 31.1 Å². The van der Waals surface area contributed by atoms with Crippen LogP contribution in [0.3, 0.4) is 0 Å². The second-order valence-corrected chi connectivity index (χ2v) is 78.8. The molecular formula is C110H152Si6. The van der Waals surface area contributed by atoms with Crippen LogP contribution in [0.15, 0.2) is 146 Å². The van der Waals surface area contributed by atoms with Crippen molar-refractivity contribution in [1.82, 2.24) is 0 Å². The van der Waals surface area contributed by atoms with E-state index in [9.17, 15) is 0 Å². The van der Waals surface area contributed by atoms with Crippen LogP contribution in [0.2, 0.25) is 99.7 Å². The lowest BCUT2D eigenvalue weighted by atomic mass is 9.60. The third kappa shape index (κ3) is 11.6. The zero-order valence-electron chi connectivity index (χ0n) is 79.4. The topological polar surface area (TPSA) is 0 Å². The minimum atomic E-state index is -2.35. The van der Waals surface area contributed by atoms with E-state index in [4.69, 9.17) is 0 Å². The SMILES string of the molecule is CC(C)[Si](c1c2ccccc2c([Si](C(C)C)(C(C)C)C(C)C)c2cc3cc4c(cc3cc12)C1c2cc3cc5c([Si](C(C)C)(C(C)C)C(C)C)c6ccccc6c([Si](C(C)C)(C(C)C)C(C)C)c5cc3cc2C4c2cc3cc4c([Si](C(C)C)(C(C)C)C(C)C)c5ccccc5c([Si](C(C)C)(C(C)C)C(C)C)c4cc3cc21)(C(C)C)C(C)C. The third-order valence-electron chi connectivity index (χ3n) is 34.2. The molecule has 0 atom stereocenters. The Labute approximate surface area is 710 Å². The van der Waals surface area contributed by atoms with Crippen LogP contribution >= 0.6 is 0 Å². The summed E-state index contributed by atoms with van der Waals surface area (Å²) < 4.78 is 0. The first-order valence-corrected chi connectivity index (χ1v) is 60.3. The molecule has 2 bridgehead atoms. The van der Waals surface area contributed by atoms with Gasteiger partial charge in [-0.1, -0.05) is 322 Å². The predicted molar refractivity (Wildman–Crippen MR) is 543 cm³/mol. The molecule has 0 aliphatic heterocycles. The number of hydrogen-bond donors (Lipinski definition) is 0. The van der Waals surface area contributed by atoms with Crippen molar-refractivity contribution in [2.75, 3.05) is 0 Å². The number of hydrogen-bond acceptors (Lipinski definition) is 0. The lowest BCUT2D eigenvalue weighted by molar-refractivity contribution is 0.761. The normalized spacial score (nSPS) is 15.8. The van der Waals surface area contributed by atoms with Gasteiger partial charge in [-0.25, -0.2) is 0 Å². The van der Waals surface area contributed by atoms with Gasteiger partial charge in [0.25, 0.3) is 0 Å². The van der Waals surface area contributed by atoms with Gasteiger partial charge in [0.2, 0.25) is 0 Å². The molecule has 0 unspecified atom stereocenters. The van der Waals surface area contributed by atoms with E-state index in [0.29, 0.717) is 99.7 Å². The maximum absolute atomic E-state index is 2.84. The fourth-order valence-electron chi connectivity index (χ4n) is 31.5. The molecule has 616 valence electrons. The Hall–Kier alpha value is -5.72. The minimum Gasteiger partial charge on any atom is -0.0648 e. The van der Waals surface area contributed by atoms with Gasteiger partial charge in [0, 0.05) is 11.8 Å². The Bertz CT molecular complexity index is 4790. The third-order valence-corrected chi connectivity index (χ3v) is 77.0. The van der Waals surface area contributed by atoms with Crippen molar-refractivity contribution < 1.29 is 0 Å². The Morgan fingerprint density at radius 1 is 0.147 bits per heavy atom. The van der Waals surface area contributed by atoms with E-state index in [-0.39, 0.29) is 11.8 Å². The lowest BCUT2D eigenvalue weighted by Crippen LogP contribution is -2.59. The fourth-order valence-corrected chi connectivity index (χ4v) is 74.1. The molecular weight excluding hydrogens is 1490 g/mol. The summed E-state index contributed by atoms with van der Waals surface area (Å²) in [5, 5.41) is 37.7. The van der Waals surface area contributed by atoms with Crippen molar-refractivity contribution >= 4 is 177 Å². The van der Waals surface area contributed by atoms with Crippen molar-refractivity contribution in [3.63, 3.8) is 0 Å². The highest BCUT2D eigenvalue weighted by atomic mass is 28.3. The Morgan fingerprint density at radius 2 is 0.250 bits per heavy atom. The summed E-state index contributed by atoms with van der Waals surface area (Å²) in [6.07, 6.45) is 0. The minimum absolute atomic E-state index is 0.0280. The van der Waals surface area contributed by atoms with Gasteiger partial charge in [0.15, 0.2) is 0 Å². The summed E-state index contributed by atoms with van der Waals surface area (Å²) in [7, 11) is -14.1. The molecule has 0 N–H and O–H groups in total. The van der Waals surface area contributed by atoms with Crippen LogP contribution in [0.25, 0.3) is 97.0 Å². The molecule has 3 aliphatic rings. The molecule has 0 spiro atoms. The lowest BCUT2D eigenvalue weighted by Gasteiger charge is -2.48. The molecule has 0 nitrogen and oxygen atoms in total. The highest BCUT2D eigenvalue weighted by Crippen LogP contribution is 2.61. The van der Waals surface area contributed by atoms with E-state index in [1.165, 1.54) is 65.7 Å². The second kappa shape index (κ2) is 30.7. The van der Waals surface area contributed by atoms with Gasteiger partial charge in [0.1, 0.15) is 0 Å². The molecule has 12 aromatic rings. The van der Waals surface area contributed by atoms with Crippen LogP contribution in [0.1, 0.15) is 294 Å². The zero-order chi connectivity index (χ0) is 84.8. The summed E-state index contributed by atoms with van der Waals surface area (Å²) in [6, 6.07) is 64.0. The quantitative estimate of drug-likeness (QED) is 0.0418. The maximum Gasteiger partial charge on any atom is 0.0958 e. The molecule has 3 aliphatic carbocycles. The molecule has 0 fully saturated rings. The Kier molecular flexibility index (Phi) is 22.9. The molecule has 0 heterocycles. The predicted octanol–water partition coefficient (Wildman–Crippen LogP) is 32.4. The van der Waals surface area contributed by atoms with Crippen molar-refractivity contribution in [2.45, 2.75) is 361 Å². The van der Waals surface area contributed by atoms with Crippen molar-refractivity contribution in [3.8, 4) is 0 Å². The molecule has 0 saturated carbocycles. The van der Waals surface area contributed by atoms with Gasteiger partial charge in [-0.2, -0.15) is 0 Å². The summed E-state index contributed by atoms with van der Waals surface area (Å²) in [6.45, 7) is 94.2. The summed E-state index contributed by atoms with van der Waals surface area (Å²) in [4.78, 5) is 0. The van der Waals surface area contributed by atoms with Crippen LogP contribution in [0.4, 0.5) is 0 Å². The highest BCUT2D eigenvalue weighted by Gasteiger charge is 2.56. The van der Waals surface area contributed by atoms with E-state index in [1.54, 1.807) is 95.8 Å². The Balaban J connectivity index is 1.21. The molecule has 0 aromatic heterocycles. The number of rotatable bonds is 24. The molecule has 12 aromatic carbocycles. The molecule has 15 rings (SSSR count). The van der Waals surface area contributed by atoms with E-state index in [0.717, 1.165) is 0 Å². The monoisotopic (exact) mass is 1640 g/mol. The number of benzene rings is 12. The van der Waals surface area contributed by atoms with E-state index >= 15 is 0 Å². The summed E-state index contributed by atoms with van der Waals surface area (Å²) in [5.41, 5.74) is 19.0. The molecule has 6 heteroatoms.